The molecule has 0 aliphatic carbocycles. The number of hydrogen-bond donors (Lipinski definition) is 25. The maximum absolute atomic E-state index is 14.4. The lowest BCUT2D eigenvalue weighted by Crippen LogP contribution is -2.62. The second kappa shape index (κ2) is 48.4. The molecule has 44 heteroatoms. The van der Waals surface area contributed by atoms with E-state index in [9.17, 15) is 107 Å². The predicted octanol–water partition coefficient (Wildman–Crippen LogP) is -8.59. The number of carboxylic acids is 4. The third-order valence-electron chi connectivity index (χ3n) is 16.0. The lowest BCUT2D eigenvalue weighted by atomic mass is 9.96. The van der Waals surface area contributed by atoms with Gasteiger partial charge in [0.05, 0.1) is 25.0 Å². The van der Waals surface area contributed by atoms with Gasteiger partial charge in [-0.05, 0) is 101 Å². The van der Waals surface area contributed by atoms with Crippen LogP contribution in [0.25, 0.3) is 0 Å². The van der Waals surface area contributed by atoms with Gasteiger partial charge in [-0.3, -0.25) is 86.9 Å². The fourth-order valence-corrected chi connectivity index (χ4v) is 10.0. The summed E-state index contributed by atoms with van der Waals surface area (Å²) in [7, 11) is 0. The number of benzene rings is 1. The number of aliphatic hydroxyl groups excluding tert-OH is 1. The lowest BCUT2D eigenvalue weighted by molar-refractivity contribution is -0.143. The number of hydrogen-bond acceptors (Lipinski definition) is 22. The molecule has 14 atom stereocenters. The molecule has 0 radical (unpaired) electrons. The molecule has 0 fully saturated rings. The van der Waals surface area contributed by atoms with E-state index in [2.05, 4.69) is 68.1 Å². The Labute approximate surface area is 620 Å². The summed E-state index contributed by atoms with van der Waals surface area (Å²) >= 11 is 0. The Kier molecular flexibility index (Phi) is 42.2. The Hall–Kier alpha value is -11.7. The van der Waals surface area contributed by atoms with Gasteiger partial charge in [0.2, 0.25) is 70.9 Å². The molecule has 604 valence electrons. The molecule has 0 aromatic heterocycles. The van der Waals surface area contributed by atoms with E-state index < -0.39 is 224 Å². The average molecular weight is 1540 g/mol. The molecule has 0 bridgehead atoms. The smallest absolute Gasteiger partial charge is 0.326 e. The third kappa shape index (κ3) is 37.8. The summed E-state index contributed by atoms with van der Waals surface area (Å²) in [5.41, 5.74) is 44.0. The largest absolute Gasteiger partial charge is 0.508 e. The van der Waals surface area contributed by atoms with Crippen LogP contribution in [0.15, 0.2) is 39.2 Å². The Morgan fingerprint density at radius 3 is 1.21 bits per heavy atom. The average Bonchev–Trinajstić information content (AvgIpc) is 0.850. The van der Waals surface area contributed by atoms with Crippen LogP contribution in [0.5, 0.6) is 5.75 Å². The second-order valence-electron chi connectivity index (χ2n) is 25.7. The predicted molar refractivity (Wildman–Crippen MR) is 384 cm³/mol. The number of aliphatic imine (C=N–C) groups is 3. The van der Waals surface area contributed by atoms with E-state index in [0.717, 1.165) is 13.8 Å². The minimum Gasteiger partial charge on any atom is -0.508 e. The number of nitrogens with two attached hydrogens (primary N) is 8. The molecule has 0 aliphatic rings. The number of amides is 12. The number of phenolic OH excluding ortho intramolecular Hbond substituents is 1. The van der Waals surface area contributed by atoms with Crippen LogP contribution >= 0.6 is 0 Å². The number of guanidine groups is 3. The number of aliphatic carboxylic acids is 4. The lowest BCUT2D eigenvalue weighted by Gasteiger charge is -2.30. The molecule has 1 aromatic carbocycles. The molecular formula is C64H106N22O22. The number of nitrogens with zero attached hydrogens (tertiary/aromatic N) is 3. The minimum atomic E-state index is -2.28. The SMILES string of the molecule is CC[C@H](C)[C@H](NC(=O)[C@H](CC(C)C)NC(=O)[C@H](CCCN=C(N)N)NC(=O)[C@@H](N)CCCN=C(N)N)C(=O)N[C@@H](CCC(=O)O)C(=O)N[C@@H](CC(=O)O)C(=O)N[C@@H](CC(N)=O)C(=O)N[C@@H](CCC(=O)O)C(=O)N[C@@H](Cc1ccc(O)cc1)C(=O)N[C@H](C(=O)N[C@@H](C)C(=O)N[C@@H](CCCN=C(N)N)C(=O)O)[C@@H](C)O. The molecule has 0 saturated heterocycles. The van der Waals surface area contributed by atoms with Crippen LogP contribution in [0.3, 0.4) is 0 Å². The van der Waals surface area contributed by atoms with Gasteiger partial charge in [0.25, 0.3) is 0 Å². The fraction of sp³-hybridized carbons (Fsp3) is 0.609. The highest BCUT2D eigenvalue weighted by molar-refractivity contribution is 6.01. The number of primary amides is 1. The molecule has 12 amide bonds. The van der Waals surface area contributed by atoms with Crippen LogP contribution in [-0.2, 0) is 83.1 Å². The van der Waals surface area contributed by atoms with Crippen molar-refractivity contribution in [1.82, 2.24) is 58.5 Å². The highest BCUT2D eigenvalue weighted by atomic mass is 16.4. The Morgan fingerprint density at radius 1 is 0.407 bits per heavy atom. The van der Waals surface area contributed by atoms with E-state index in [1.54, 1.807) is 20.8 Å². The van der Waals surface area contributed by atoms with E-state index in [-0.39, 0.29) is 106 Å². The van der Waals surface area contributed by atoms with Crippen molar-refractivity contribution >= 4 is 113 Å². The number of rotatable bonds is 52. The van der Waals surface area contributed by atoms with Crippen LogP contribution in [0.2, 0.25) is 0 Å². The van der Waals surface area contributed by atoms with Gasteiger partial charge in [-0.25, -0.2) is 4.79 Å². The normalized spacial score (nSPS) is 14.8. The van der Waals surface area contributed by atoms with Crippen molar-refractivity contribution in [2.45, 2.75) is 216 Å². The summed E-state index contributed by atoms with van der Waals surface area (Å²) < 4.78 is 0. The molecule has 0 spiro atoms. The standard InChI is InChI=1S/C64H106N22O22/c1-7-30(4)48(85-57(103)40(25-29(2)3)81-52(98)36(12-9-23-74-63(69)70)77-51(97)35(65)11-8-22-73-62(67)68)59(105)79-38(19-21-46(92)93)54(100)84-43(28-47(94)95)56(102)83-42(27-44(66)89)55(101)78-37(18-20-45(90)91)53(99)82-41(26-33-14-16-34(88)17-15-33)58(104)86-49(32(6)87)60(106)76-31(5)50(96)80-39(61(107)108)13-10-24-75-64(71)72/h14-17,29-32,35-43,48-49,87-88H,7-13,18-28,65H2,1-6H3,(H2,66,89)(H,76,106)(H,77,97)(H,78,101)(H,79,105)(H,80,96)(H,81,98)(H,82,99)(H,83,102)(H,84,100)(H,85,103)(H,86,104)(H,90,91)(H,92,93)(H,94,95)(H,107,108)(H4,67,68,73)(H4,69,70,74)(H4,71,72,75)/t30-,31-,32+,35-,36-,37-,38-,39-,40-,41-,42-,43-,48-,49-/m0/s1. The van der Waals surface area contributed by atoms with E-state index in [4.69, 9.17) is 45.9 Å². The van der Waals surface area contributed by atoms with Crippen LogP contribution in [0.1, 0.15) is 137 Å². The first-order chi connectivity index (χ1) is 50.5. The number of carbonyl (C=O) groups is 16. The summed E-state index contributed by atoms with van der Waals surface area (Å²) in [4.78, 5) is 226. The maximum Gasteiger partial charge on any atom is 0.326 e. The minimum absolute atomic E-state index is 0.0141. The van der Waals surface area contributed by atoms with Crippen molar-refractivity contribution in [1.29, 1.82) is 0 Å². The van der Waals surface area contributed by atoms with E-state index in [1.807, 2.05) is 5.32 Å². The monoisotopic (exact) mass is 1530 g/mol. The summed E-state index contributed by atoms with van der Waals surface area (Å²) in [5.74, 6) is -22.8. The van der Waals surface area contributed by atoms with Crippen molar-refractivity contribution < 1.29 is 107 Å². The second-order valence-corrected chi connectivity index (χ2v) is 25.7. The summed E-state index contributed by atoms with van der Waals surface area (Å²) in [6, 6.07) is -15.8. The first kappa shape index (κ1) is 94.3. The van der Waals surface area contributed by atoms with Gasteiger partial charge >= 0.3 is 23.9 Å². The van der Waals surface area contributed by atoms with E-state index in [0.29, 0.717) is 0 Å². The van der Waals surface area contributed by atoms with Gasteiger partial charge in [0, 0.05) is 38.9 Å². The Morgan fingerprint density at radius 2 is 0.778 bits per heavy atom. The highest BCUT2D eigenvalue weighted by Gasteiger charge is 2.39. The summed E-state index contributed by atoms with van der Waals surface area (Å²) in [6.07, 6.45) is -7.65. The van der Waals surface area contributed by atoms with Crippen molar-refractivity contribution in [3.8, 4) is 5.75 Å². The number of phenols is 1. The molecule has 1 rings (SSSR count). The first-order valence-corrected chi connectivity index (χ1v) is 34.3. The molecule has 0 saturated carbocycles. The quantitative estimate of drug-likeness (QED) is 0.0164. The van der Waals surface area contributed by atoms with Crippen LogP contribution in [-0.4, -0.2) is 242 Å². The molecular weight excluding hydrogens is 1430 g/mol. The Bertz CT molecular complexity index is 3360. The zero-order chi connectivity index (χ0) is 82.2. The topological polar surface area (TPSA) is 772 Å². The van der Waals surface area contributed by atoms with Crippen molar-refractivity contribution in [2.24, 2.45) is 72.7 Å². The third-order valence-corrected chi connectivity index (χ3v) is 16.0. The van der Waals surface area contributed by atoms with Gasteiger partial charge < -0.3 is 135 Å². The van der Waals surface area contributed by atoms with Gasteiger partial charge in [-0.1, -0.05) is 46.2 Å². The van der Waals surface area contributed by atoms with Crippen molar-refractivity contribution in [2.75, 3.05) is 19.6 Å². The van der Waals surface area contributed by atoms with Crippen LogP contribution in [0.4, 0.5) is 0 Å². The summed E-state index contributed by atoms with van der Waals surface area (Å²) in [6.45, 7) is 8.92. The van der Waals surface area contributed by atoms with E-state index >= 15 is 0 Å². The van der Waals surface area contributed by atoms with Gasteiger partial charge in [-0.2, -0.15) is 0 Å². The molecule has 0 heterocycles. The molecule has 44 nitrogen and oxygen atoms in total. The maximum atomic E-state index is 14.4. The molecule has 33 N–H and O–H groups in total. The number of aromatic hydroxyl groups is 1. The highest BCUT2D eigenvalue weighted by Crippen LogP contribution is 2.16. The van der Waals surface area contributed by atoms with Crippen LogP contribution in [0, 0.1) is 11.8 Å². The fourth-order valence-electron chi connectivity index (χ4n) is 10.0. The zero-order valence-electron chi connectivity index (χ0n) is 60.9. The number of aliphatic hydroxyl groups is 1. The van der Waals surface area contributed by atoms with Crippen molar-refractivity contribution in [3.05, 3.63) is 29.8 Å². The van der Waals surface area contributed by atoms with Gasteiger partial charge in [0.15, 0.2) is 17.9 Å². The van der Waals surface area contributed by atoms with Gasteiger partial charge in [-0.15, -0.1) is 0 Å². The number of carbonyl (C=O) groups excluding carboxylic acids is 12. The van der Waals surface area contributed by atoms with Gasteiger partial charge in [0.1, 0.15) is 72.2 Å². The van der Waals surface area contributed by atoms with Crippen LogP contribution < -0.4 is 104 Å². The summed E-state index contributed by atoms with van der Waals surface area (Å²) in [5, 5.41) is 85.3. The molecule has 108 heavy (non-hydrogen) atoms. The molecule has 1 aromatic rings. The molecule has 0 aliphatic heterocycles. The zero-order valence-corrected chi connectivity index (χ0v) is 60.9. The molecule has 0 unspecified atom stereocenters. The van der Waals surface area contributed by atoms with Crippen molar-refractivity contribution in [3.63, 3.8) is 0 Å². The number of carboxylic acid groups (broad SMARTS) is 4. The number of nitrogens with one attached hydrogen (secondary N) is 11. The Balaban J connectivity index is 3.72. The van der Waals surface area contributed by atoms with E-state index in [1.165, 1.54) is 31.2 Å². The first-order valence-electron chi connectivity index (χ1n) is 34.3.